The lowest BCUT2D eigenvalue weighted by Crippen LogP contribution is -2.46. The predicted molar refractivity (Wildman–Crippen MR) is 109 cm³/mol. The highest BCUT2D eigenvalue weighted by molar-refractivity contribution is 5.78. The molecule has 1 saturated carbocycles. The van der Waals surface area contributed by atoms with Crippen molar-refractivity contribution in [1.29, 1.82) is 0 Å². The molecule has 0 aliphatic heterocycles. The minimum Gasteiger partial charge on any atom is -0.444 e. The average Bonchev–Trinajstić information content (AvgIpc) is 3.22. The lowest BCUT2D eigenvalue weighted by molar-refractivity contribution is -0.136. The smallest absolute Gasteiger partial charge is 0.420 e. The second-order valence-corrected chi connectivity index (χ2v) is 9.37. The number of aliphatic hydroxyl groups is 1. The van der Waals surface area contributed by atoms with Crippen molar-refractivity contribution in [1.82, 2.24) is 9.88 Å². The van der Waals surface area contributed by atoms with Crippen LogP contribution in [0.15, 0.2) is 16.5 Å². The van der Waals surface area contributed by atoms with Crippen LogP contribution in [0.1, 0.15) is 76.8 Å². The molecule has 6 nitrogen and oxygen atoms in total. The number of amides is 1. The Morgan fingerprint density at radius 1 is 1.29 bits per heavy atom. The highest BCUT2D eigenvalue weighted by Gasteiger charge is 2.38. The molecule has 1 amide bonds. The standard InChI is InChI=1S/C22H29F3N2O4/c1-12(2)19-26-15-10-13(9-14(18(15)30-19)22(23,24)25)11-27(16-7-6-8-17(16)28)20(29)31-21(3,4)5/h9-10,12,16-17,28H,6-8,11H2,1-5H3/t16-,17+/m0/s1. The summed E-state index contributed by atoms with van der Waals surface area (Å²) in [4.78, 5) is 18.4. The van der Waals surface area contributed by atoms with E-state index in [0.29, 0.717) is 12.8 Å². The summed E-state index contributed by atoms with van der Waals surface area (Å²) in [6.07, 6.45) is -4.27. The van der Waals surface area contributed by atoms with Gasteiger partial charge in [0, 0.05) is 12.5 Å². The molecule has 2 aromatic rings. The molecule has 1 aliphatic carbocycles. The largest absolute Gasteiger partial charge is 0.444 e. The highest BCUT2D eigenvalue weighted by atomic mass is 19.4. The third-order valence-corrected chi connectivity index (χ3v) is 5.19. The minimum atomic E-state index is -4.65. The zero-order valence-electron chi connectivity index (χ0n) is 18.4. The van der Waals surface area contributed by atoms with E-state index in [0.717, 1.165) is 12.5 Å². The normalized spacial score (nSPS) is 19.9. The van der Waals surface area contributed by atoms with Crippen LogP contribution in [0.4, 0.5) is 18.0 Å². The molecular formula is C22H29F3N2O4. The van der Waals surface area contributed by atoms with Gasteiger partial charge in [-0.05, 0) is 57.7 Å². The number of carbonyl (C=O) groups excluding carboxylic acids is 1. The van der Waals surface area contributed by atoms with Gasteiger partial charge >= 0.3 is 12.3 Å². The molecule has 1 aromatic heterocycles. The number of aromatic nitrogens is 1. The van der Waals surface area contributed by atoms with Crippen LogP contribution in [0, 0.1) is 0 Å². The number of hydrogen-bond acceptors (Lipinski definition) is 5. The van der Waals surface area contributed by atoms with E-state index < -0.39 is 35.6 Å². The lowest BCUT2D eigenvalue weighted by atomic mass is 10.1. The Bertz CT molecular complexity index is 947. The first kappa shape index (κ1) is 23.4. The molecule has 172 valence electrons. The van der Waals surface area contributed by atoms with E-state index in [4.69, 9.17) is 9.15 Å². The van der Waals surface area contributed by atoms with Crippen molar-refractivity contribution >= 4 is 17.2 Å². The second kappa shape index (κ2) is 8.33. The second-order valence-electron chi connectivity index (χ2n) is 9.37. The molecule has 1 heterocycles. The number of benzene rings is 1. The number of aliphatic hydroxyl groups excluding tert-OH is 1. The number of alkyl halides is 3. The van der Waals surface area contributed by atoms with Crippen LogP contribution in [0.25, 0.3) is 11.1 Å². The number of ether oxygens (including phenoxy) is 1. The quantitative estimate of drug-likeness (QED) is 0.665. The summed E-state index contributed by atoms with van der Waals surface area (Å²) < 4.78 is 52.1. The summed E-state index contributed by atoms with van der Waals surface area (Å²) in [6.45, 7) is 8.56. The van der Waals surface area contributed by atoms with Crippen molar-refractivity contribution < 1.29 is 32.2 Å². The molecule has 0 spiro atoms. The molecule has 0 unspecified atom stereocenters. The van der Waals surface area contributed by atoms with Crippen molar-refractivity contribution in [3.8, 4) is 0 Å². The first-order valence-electron chi connectivity index (χ1n) is 10.4. The first-order chi connectivity index (χ1) is 14.3. The van der Waals surface area contributed by atoms with Gasteiger partial charge in [0.15, 0.2) is 11.5 Å². The van der Waals surface area contributed by atoms with Gasteiger partial charge in [0.2, 0.25) is 0 Å². The molecule has 0 bridgehead atoms. The summed E-state index contributed by atoms with van der Waals surface area (Å²) in [5, 5.41) is 10.3. The maximum absolute atomic E-state index is 13.8. The third-order valence-electron chi connectivity index (χ3n) is 5.19. The van der Waals surface area contributed by atoms with Crippen LogP contribution in [0.5, 0.6) is 0 Å². The molecule has 1 fully saturated rings. The number of nitrogens with zero attached hydrogens (tertiary/aromatic N) is 2. The molecule has 1 aliphatic rings. The fraction of sp³-hybridized carbons (Fsp3) is 0.636. The van der Waals surface area contributed by atoms with E-state index in [9.17, 15) is 23.1 Å². The Morgan fingerprint density at radius 2 is 1.97 bits per heavy atom. The van der Waals surface area contributed by atoms with Crippen LogP contribution in [-0.4, -0.2) is 38.8 Å². The third kappa shape index (κ3) is 5.31. The maximum Gasteiger partial charge on any atom is 0.420 e. The van der Waals surface area contributed by atoms with Crippen molar-refractivity contribution in [3.05, 3.63) is 29.2 Å². The number of rotatable bonds is 4. The molecule has 31 heavy (non-hydrogen) atoms. The Kier molecular flexibility index (Phi) is 6.28. The molecule has 0 radical (unpaired) electrons. The zero-order valence-corrected chi connectivity index (χ0v) is 18.4. The molecule has 1 aromatic carbocycles. The van der Waals surface area contributed by atoms with Gasteiger partial charge in [0.25, 0.3) is 0 Å². The summed E-state index contributed by atoms with van der Waals surface area (Å²) in [5.74, 6) is 0.0386. The van der Waals surface area contributed by atoms with Gasteiger partial charge in [-0.25, -0.2) is 9.78 Å². The Hall–Kier alpha value is -2.29. The van der Waals surface area contributed by atoms with Crippen LogP contribution in [0.3, 0.4) is 0 Å². The van der Waals surface area contributed by atoms with Gasteiger partial charge in [-0.15, -0.1) is 0 Å². The van der Waals surface area contributed by atoms with E-state index in [2.05, 4.69) is 4.98 Å². The summed E-state index contributed by atoms with van der Waals surface area (Å²) in [7, 11) is 0. The van der Waals surface area contributed by atoms with Crippen molar-refractivity contribution in [2.75, 3.05) is 0 Å². The van der Waals surface area contributed by atoms with Crippen LogP contribution in [0.2, 0.25) is 0 Å². The summed E-state index contributed by atoms with van der Waals surface area (Å²) in [6, 6.07) is 1.96. The van der Waals surface area contributed by atoms with E-state index in [-0.39, 0.29) is 35.0 Å². The predicted octanol–water partition coefficient (Wildman–Crippen LogP) is 5.62. The number of fused-ring (bicyclic) bond motifs is 1. The highest BCUT2D eigenvalue weighted by Crippen LogP contribution is 2.38. The Morgan fingerprint density at radius 3 is 2.48 bits per heavy atom. The van der Waals surface area contributed by atoms with Crippen LogP contribution < -0.4 is 0 Å². The Labute approximate surface area is 179 Å². The monoisotopic (exact) mass is 442 g/mol. The molecule has 1 N–H and O–H groups in total. The molecule has 0 saturated heterocycles. The fourth-order valence-corrected chi connectivity index (χ4v) is 3.78. The first-order valence-corrected chi connectivity index (χ1v) is 10.4. The zero-order chi connectivity index (χ0) is 23.1. The fourth-order valence-electron chi connectivity index (χ4n) is 3.78. The minimum absolute atomic E-state index is 0.0876. The van der Waals surface area contributed by atoms with Crippen LogP contribution in [-0.2, 0) is 17.5 Å². The van der Waals surface area contributed by atoms with Crippen molar-refractivity contribution in [2.24, 2.45) is 0 Å². The number of hydrogen-bond donors (Lipinski definition) is 1. The SMILES string of the molecule is CC(C)c1nc2cc(CN(C(=O)OC(C)(C)C)[C@H]3CCC[C@H]3O)cc(C(F)(F)F)c2o1. The average molecular weight is 442 g/mol. The molecule has 9 heteroatoms. The summed E-state index contributed by atoms with van der Waals surface area (Å²) in [5.41, 5.74) is -1.70. The van der Waals surface area contributed by atoms with E-state index in [1.807, 2.05) is 0 Å². The van der Waals surface area contributed by atoms with Gasteiger partial charge in [-0.3, -0.25) is 4.90 Å². The van der Waals surface area contributed by atoms with Gasteiger partial charge in [0.1, 0.15) is 16.7 Å². The topological polar surface area (TPSA) is 75.8 Å². The number of oxazole rings is 1. The molecule has 2 atom stereocenters. The molecular weight excluding hydrogens is 413 g/mol. The van der Waals surface area contributed by atoms with Gasteiger partial charge in [0.05, 0.1) is 12.1 Å². The number of halogens is 3. The van der Waals surface area contributed by atoms with Gasteiger partial charge in [-0.2, -0.15) is 13.2 Å². The van der Waals surface area contributed by atoms with E-state index >= 15 is 0 Å². The maximum atomic E-state index is 13.8. The Balaban J connectivity index is 2.03. The van der Waals surface area contributed by atoms with Crippen molar-refractivity contribution in [3.63, 3.8) is 0 Å². The van der Waals surface area contributed by atoms with E-state index in [1.165, 1.54) is 11.0 Å². The van der Waals surface area contributed by atoms with Crippen LogP contribution >= 0.6 is 0 Å². The van der Waals surface area contributed by atoms with Gasteiger partial charge in [-0.1, -0.05) is 13.8 Å². The molecule has 3 rings (SSSR count). The number of carbonyl (C=O) groups is 1. The van der Waals surface area contributed by atoms with Gasteiger partial charge < -0.3 is 14.3 Å². The lowest BCUT2D eigenvalue weighted by Gasteiger charge is -2.33. The summed E-state index contributed by atoms with van der Waals surface area (Å²) >= 11 is 0. The van der Waals surface area contributed by atoms with Crippen molar-refractivity contribution in [2.45, 2.75) is 90.3 Å². The van der Waals surface area contributed by atoms with E-state index in [1.54, 1.807) is 34.6 Å².